The lowest BCUT2D eigenvalue weighted by atomic mass is 10.0. The zero-order valence-corrected chi connectivity index (χ0v) is 17.2. The molecule has 0 saturated heterocycles. The number of anilines is 3. The van der Waals surface area contributed by atoms with Crippen LogP contribution in [-0.2, 0) is 11.8 Å². The maximum atomic E-state index is 11.9. The van der Waals surface area contributed by atoms with E-state index in [1.807, 2.05) is 31.4 Å². The maximum Gasteiger partial charge on any atom is 0.254 e. The van der Waals surface area contributed by atoms with Gasteiger partial charge in [0.25, 0.3) is 5.91 Å². The van der Waals surface area contributed by atoms with Crippen LogP contribution >= 0.6 is 0 Å². The Morgan fingerprint density at radius 2 is 1.97 bits per heavy atom. The molecule has 0 radical (unpaired) electrons. The molecule has 0 aliphatic rings. The van der Waals surface area contributed by atoms with Crippen molar-refractivity contribution in [3.05, 3.63) is 36.2 Å². The molecule has 2 aromatic heterocycles. The summed E-state index contributed by atoms with van der Waals surface area (Å²) in [6.45, 7) is 4.13. The lowest BCUT2D eigenvalue weighted by Crippen LogP contribution is -2.36. The number of aromatic nitrogens is 4. The van der Waals surface area contributed by atoms with Crippen LogP contribution in [0, 0.1) is 5.92 Å². The van der Waals surface area contributed by atoms with Crippen molar-refractivity contribution in [3.8, 4) is 0 Å². The Morgan fingerprint density at radius 3 is 2.63 bits per heavy atom. The molecule has 6 N–H and O–H groups in total. The van der Waals surface area contributed by atoms with E-state index < -0.39 is 17.9 Å². The molecule has 1 aromatic carbocycles. The van der Waals surface area contributed by atoms with E-state index in [1.165, 1.54) is 6.20 Å². The molecule has 0 saturated carbocycles. The number of nitrogens with zero attached hydrogens (tertiary/aromatic N) is 4. The van der Waals surface area contributed by atoms with Gasteiger partial charge in [0.05, 0.1) is 11.2 Å². The van der Waals surface area contributed by atoms with Crippen molar-refractivity contribution >= 4 is 40.2 Å². The Hall–Kier alpha value is -3.69. The van der Waals surface area contributed by atoms with Crippen LogP contribution in [0.4, 0.5) is 17.5 Å². The highest BCUT2D eigenvalue weighted by molar-refractivity contribution is 6.00. The molecule has 30 heavy (non-hydrogen) atoms. The highest BCUT2D eigenvalue weighted by Gasteiger charge is 2.19. The molecule has 0 unspecified atom stereocenters. The fraction of sp³-hybridized carbons (Fsp3) is 0.350. The summed E-state index contributed by atoms with van der Waals surface area (Å²) in [5, 5.41) is 11.3. The first-order valence-electron chi connectivity index (χ1n) is 9.66. The molecule has 0 aliphatic carbocycles. The molecule has 0 bridgehead atoms. The average molecular weight is 410 g/mol. The zero-order chi connectivity index (χ0) is 21.8. The Kier molecular flexibility index (Phi) is 6.14. The second-order valence-corrected chi connectivity index (χ2v) is 7.56. The molecule has 2 amide bonds. The summed E-state index contributed by atoms with van der Waals surface area (Å²) in [7, 11) is 1.83. The number of carbonyl (C=O) groups is 2. The van der Waals surface area contributed by atoms with Gasteiger partial charge in [0, 0.05) is 24.8 Å². The van der Waals surface area contributed by atoms with Gasteiger partial charge in [0.2, 0.25) is 11.9 Å². The van der Waals surface area contributed by atoms with Gasteiger partial charge in [-0.3, -0.25) is 14.3 Å². The third kappa shape index (κ3) is 4.83. The fourth-order valence-corrected chi connectivity index (χ4v) is 3.07. The van der Waals surface area contributed by atoms with Gasteiger partial charge < -0.3 is 22.1 Å². The van der Waals surface area contributed by atoms with E-state index in [0.717, 1.165) is 17.3 Å². The van der Waals surface area contributed by atoms with Gasteiger partial charge >= 0.3 is 0 Å². The van der Waals surface area contributed by atoms with Gasteiger partial charge in [-0.2, -0.15) is 10.1 Å². The summed E-state index contributed by atoms with van der Waals surface area (Å²) in [6, 6.07) is 4.95. The molecule has 2 heterocycles. The van der Waals surface area contributed by atoms with Crippen LogP contribution in [0.3, 0.4) is 0 Å². The number of amides is 2. The number of carbonyl (C=O) groups excluding carboxylic acids is 2. The van der Waals surface area contributed by atoms with Crippen LogP contribution in [0.2, 0.25) is 0 Å². The summed E-state index contributed by atoms with van der Waals surface area (Å²) < 4.78 is 1.70. The summed E-state index contributed by atoms with van der Waals surface area (Å²) in [6.07, 6.45) is 4.54. The van der Waals surface area contributed by atoms with E-state index in [1.54, 1.807) is 4.68 Å². The topological polar surface area (TPSA) is 154 Å². The first-order valence-corrected chi connectivity index (χ1v) is 9.66. The second kappa shape index (κ2) is 8.76. The van der Waals surface area contributed by atoms with Crippen LogP contribution in [-0.4, -0.2) is 37.6 Å². The minimum atomic E-state index is -0.673. The van der Waals surface area contributed by atoms with Crippen molar-refractivity contribution in [1.29, 1.82) is 0 Å². The largest absolute Gasteiger partial charge is 0.368 e. The predicted molar refractivity (Wildman–Crippen MR) is 115 cm³/mol. The molecular weight excluding hydrogens is 384 g/mol. The lowest BCUT2D eigenvalue weighted by molar-refractivity contribution is -0.118. The zero-order valence-electron chi connectivity index (χ0n) is 17.2. The number of benzene rings is 1. The number of fused-ring (bicyclic) bond motifs is 1. The van der Waals surface area contributed by atoms with Crippen LogP contribution in [0.5, 0.6) is 0 Å². The number of nitrogens with one attached hydrogen (secondary N) is 2. The SMILES string of the molecule is CC(C)CC[C@@H](Nc1ncc(C(N)=O)c(Nc2cccc3nn(C)cc23)n1)C(N)=O. The quantitative estimate of drug-likeness (QED) is 0.420. The number of aryl methyl sites for hydroxylation is 1. The first kappa shape index (κ1) is 21.0. The summed E-state index contributed by atoms with van der Waals surface area (Å²) in [5.41, 5.74) is 12.6. The van der Waals surface area contributed by atoms with E-state index >= 15 is 0 Å². The molecule has 158 valence electrons. The van der Waals surface area contributed by atoms with Crippen LogP contribution < -0.4 is 22.1 Å². The third-order valence-corrected chi connectivity index (χ3v) is 4.65. The van der Waals surface area contributed by atoms with Crippen molar-refractivity contribution in [1.82, 2.24) is 19.7 Å². The van der Waals surface area contributed by atoms with E-state index in [9.17, 15) is 9.59 Å². The molecule has 0 spiro atoms. The number of nitrogens with two attached hydrogens (primary N) is 2. The number of hydrogen-bond acceptors (Lipinski definition) is 7. The van der Waals surface area contributed by atoms with E-state index in [2.05, 4.69) is 39.5 Å². The Bertz CT molecular complexity index is 1080. The fourth-order valence-electron chi connectivity index (χ4n) is 3.07. The van der Waals surface area contributed by atoms with Crippen LogP contribution in [0.25, 0.3) is 10.9 Å². The second-order valence-electron chi connectivity index (χ2n) is 7.56. The third-order valence-electron chi connectivity index (χ3n) is 4.65. The van der Waals surface area contributed by atoms with Gasteiger partial charge in [-0.05, 0) is 30.9 Å². The van der Waals surface area contributed by atoms with Crippen LogP contribution in [0.15, 0.2) is 30.6 Å². The van der Waals surface area contributed by atoms with Gasteiger partial charge in [-0.15, -0.1) is 0 Å². The van der Waals surface area contributed by atoms with Gasteiger partial charge in [0.1, 0.15) is 17.4 Å². The molecule has 0 aliphatic heterocycles. The minimum absolute atomic E-state index is 0.124. The highest BCUT2D eigenvalue weighted by atomic mass is 16.1. The van der Waals surface area contributed by atoms with Crippen molar-refractivity contribution in [3.63, 3.8) is 0 Å². The number of hydrogen-bond donors (Lipinski definition) is 4. The monoisotopic (exact) mass is 410 g/mol. The molecule has 1 atom stereocenters. The van der Waals surface area contributed by atoms with Gasteiger partial charge in [-0.25, -0.2) is 4.98 Å². The number of rotatable bonds is 9. The predicted octanol–water partition coefficient (Wildman–Crippen LogP) is 1.91. The Balaban J connectivity index is 1.92. The summed E-state index contributed by atoms with van der Waals surface area (Å²) in [4.78, 5) is 32.2. The van der Waals surface area contributed by atoms with Crippen LogP contribution in [0.1, 0.15) is 37.0 Å². The van der Waals surface area contributed by atoms with Gasteiger partial charge in [0.15, 0.2) is 0 Å². The lowest BCUT2D eigenvalue weighted by Gasteiger charge is -2.17. The molecule has 10 nitrogen and oxygen atoms in total. The Morgan fingerprint density at radius 1 is 1.20 bits per heavy atom. The summed E-state index contributed by atoms with van der Waals surface area (Å²) >= 11 is 0. The smallest absolute Gasteiger partial charge is 0.254 e. The highest BCUT2D eigenvalue weighted by Crippen LogP contribution is 2.27. The standard InChI is InChI=1S/C20H26N8O2/c1-11(2)7-8-16(18(22)30)25-20-23-9-12(17(21)29)19(26-20)24-14-5-4-6-15-13(14)10-28(3)27-15/h4-6,9-11,16H,7-8H2,1-3H3,(H2,21,29)(H2,22,30)(H2,23,24,25,26)/t16-/m1/s1. The minimum Gasteiger partial charge on any atom is -0.368 e. The van der Waals surface area contributed by atoms with E-state index in [4.69, 9.17) is 11.5 Å². The molecule has 10 heteroatoms. The maximum absolute atomic E-state index is 11.9. The molecule has 3 aromatic rings. The summed E-state index contributed by atoms with van der Waals surface area (Å²) in [5.74, 6) is -0.345. The van der Waals surface area contributed by atoms with E-state index in [-0.39, 0.29) is 17.3 Å². The van der Waals surface area contributed by atoms with Crippen molar-refractivity contribution < 1.29 is 9.59 Å². The molecule has 3 rings (SSSR count). The normalized spacial score (nSPS) is 12.1. The van der Waals surface area contributed by atoms with Crippen molar-refractivity contribution in [2.24, 2.45) is 24.4 Å². The van der Waals surface area contributed by atoms with Gasteiger partial charge in [-0.1, -0.05) is 19.9 Å². The Labute approximate surface area is 174 Å². The molecule has 0 fully saturated rings. The van der Waals surface area contributed by atoms with Crippen molar-refractivity contribution in [2.45, 2.75) is 32.7 Å². The average Bonchev–Trinajstić information content (AvgIpc) is 3.06. The van der Waals surface area contributed by atoms with Crippen molar-refractivity contribution in [2.75, 3.05) is 10.6 Å². The van der Waals surface area contributed by atoms with E-state index in [0.29, 0.717) is 18.0 Å². The molecular formula is C20H26N8O2. The first-order chi connectivity index (χ1) is 14.2. The number of primary amides is 2.